The number of rotatable bonds is 3. The summed E-state index contributed by atoms with van der Waals surface area (Å²) in [5, 5.41) is 8.09. The Labute approximate surface area is 169 Å². The van der Waals surface area contributed by atoms with Crippen LogP contribution in [0.1, 0.15) is 35.1 Å². The number of piperidine rings is 1. The highest BCUT2D eigenvalue weighted by atomic mass is 35.5. The molecule has 1 saturated heterocycles. The number of amides is 1. The molecule has 3 rings (SSSR count). The van der Waals surface area contributed by atoms with Gasteiger partial charge in [0.1, 0.15) is 9.88 Å². The molecule has 1 aliphatic heterocycles. The second-order valence-electron chi connectivity index (χ2n) is 5.99. The molecular formula is C17H22Cl3N3OS. The smallest absolute Gasteiger partial charge is 0.263 e. The van der Waals surface area contributed by atoms with Crippen LogP contribution in [0.2, 0.25) is 5.02 Å². The lowest BCUT2D eigenvalue weighted by atomic mass is 10.0. The molecule has 0 bridgehead atoms. The minimum atomic E-state index is -0.0145. The summed E-state index contributed by atoms with van der Waals surface area (Å²) in [6.45, 7) is 4.98. The summed E-state index contributed by atoms with van der Waals surface area (Å²) in [5.41, 5.74) is 1.76. The van der Waals surface area contributed by atoms with Crippen molar-refractivity contribution in [2.45, 2.75) is 38.8 Å². The van der Waals surface area contributed by atoms with Crippen LogP contribution < -0.4 is 10.6 Å². The van der Waals surface area contributed by atoms with E-state index < -0.39 is 0 Å². The molecule has 25 heavy (non-hydrogen) atoms. The van der Waals surface area contributed by atoms with Gasteiger partial charge in [-0.05, 0) is 45.4 Å². The van der Waals surface area contributed by atoms with E-state index in [4.69, 9.17) is 11.6 Å². The molecule has 8 heteroatoms. The number of hydrogen-bond donors (Lipinski definition) is 2. The second-order valence-corrected chi connectivity index (χ2v) is 7.43. The number of hydrogen-bond acceptors (Lipinski definition) is 4. The minimum absolute atomic E-state index is 0. The van der Waals surface area contributed by atoms with Gasteiger partial charge >= 0.3 is 0 Å². The van der Waals surface area contributed by atoms with Crippen molar-refractivity contribution in [2.75, 3.05) is 6.54 Å². The van der Waals surface area contributed by atoms with E-state index in [1.54, 1.807) is 0 Å². The number of carbonyl (C=O) groups is 1. The topological polar surface area (TPSA) is 54.0 Å². The predicted octanol–water partition coefficient (Wildman–Crippen LogP) is 4.49. The Morgan fingerprint density at radius 2 is 2.00 bits per heavy atom. The molecule has 2 aromatic rings. The molecule has 2 unspecified atom stereocenters. The maximum Gasteiger partial charge on any atom is 0.263 e. The summed E-state index contributed by atoms with van der Waals surface area (Å²) in [7, 11) is 0. The predicted molar refractivity (Wildman–Crippen MR) is 110 cm³/mol. The molecule has 2 heterocycles. The Bertz CT molecular complexity index is 706. The average Bonchev–Trinajstić information content (AvgIpc) is 2.90. The molecule has 0 aliphatic carbocycles. The van der Waals surface area contributed by atoms with Crippen LogP contribution in [0.5, 0.6) is 0 Å². The van der Waals surface area contributed by atoms with Crippen LogP contribution in [-0.4, -0.2) is 29.5 Å². The van der Waals surface area contributed by atoms with Crippen molar-refractivity contribution in [1.29, 1.82) is 0 Å². The quantitative estimate of drug-likeness (QED) is 0.766. The van der Waals surface area contributed by atoms with Gasteiger partial charge in [-0.15, -0.1) is 36.2 Å². The maximum atomic E-state index is 12.6. The Morgan fingerprint density at radius 1 is 1.32 bits per heavy atom. The van der Waals surface area contributed by atoms with E-state index in [0.717, 1.165) is 35.7 Å². The summed E-state index contributed by atoms with van der Waals surface area (Å²) in [6, 6.07) is 8.21. The van der Waals surface area contributed by atoms with Crippen molar-refractivity contribution in [3.63, 3.8) is 0 Å². The molecule has 4 nitrogen and oxygen atoms in total. The highest BCUT2D eigenvalue weighted by molar-refractivity contribution is 7.17. The summed E-state index contributed by atoms with van der Waals surface area (Å²) in [6.07, 6.45) is 1.94. The van der Waals surface area contributed by atoms with Crippen molar-refractivity contribution in [1.82, 2.24) is 15.6 Å². The molecule has 1 amide bonds. The van der Waals surface area contributed by atoms with Crippen LogP contribution in [0.4, 0.5) is 0 Å². The average molecular weight is 423 g/mol. The number of carbonyl (C=O) groups excluding carboxylic acids is 1. The number of thiazole rings is 1. The summed E-state index contributed by atoms with van der Waals surface area (Å²) in [4.78, 5) is 17.8. The minimum Gasteiger partial charge on any atom is -0.348 e. The van der Waals surface area contributed by atoms with Gasteiger partial charge in [0.05, 0.1) is 5.69 Å². The van der Waals surface area contributed by atoms with Gasteiger partial charge in [-0.1, -0.05) is 23.7 Å². The fraction of sp³-hybridized carbons (Fsp3) is 0.412. The first-order chi connectivity index (χ1) is 11.0. The first kappa shape index (κ1) is 22.2. The molecule has 138 valence electrons. The van der Waals surface area contributed by atoms with E-state index in [1.807, 2.05) is 31.2 Å². The fourth-order valence-electron chi connectivity index (χ4n) is 2.84. The van der Waals surface area contributed by atoms with Crippen LogP contribution >= 0.6 is 47.8 Å². The van der Waals surface area contributed by atoms with Crippen LogP contribution in [0.3, 0.4) is 0 Å². The molecule has 1 fully saturated rings. The lowest BCUT2D eigenvalue weighted by Crippen LogP contribution is -2.46. The largest absolute Gasteiger partial charge is 0.348 e. The molecular weight excluding hydrogens is 401 g/mol. The first-order valence-electron chi connectivity index (χ1n) is 7.80. The van der Waals surface area contributed by atoms with E-state index in [1.165, 1.54) is 11.3 Å². The Balaban J connectivity index is 0.00000156. The summed E-state index contributed by atoms with van der Waals surface area (Å²) in [5.74, 6) is -0.0145. The number of halogens is 3. The SMILES string of the molecule is Cc1nc(-c2ccc(Cl)cc2)sc1C(=O)NC1CCNC(C)C1.Cl.Cl. The first-order valence-corrected chi connectivity index (χ1v) is 9.00. The second kappa shape index (κ2) is 9.74. The van der Waals surface area contributed by atoms with E-state index >= 15 is 0 Å². The Kier molecular flexibility index (Phi) is 8.64. The summed E-state index contributed by atoms with van der Waals surface area (Å²) >= 11 is 7.35. The number of nitrogens with zero attached hydrogens (tertiary/aromatic N) is 1. The van der Waals surface area contributed by atoms with Gasteiger partial charge in [-0.3, -0.25) is 4.79 Å². The fourth-order valence-corrected chi connectivity index (χ4v) is 3.94. The Hall–Kier alpha value is -0.850. The molecule has 0 radical (unpaired) electrons. The normalized spacial score (nSPS) is 19.5. The van der Waals surface area contributed by atoms with Crippen LogP contribution in [0.15, 0.2) is 24.3 Å². The molecule has 1 aliphatic rings. The molecule has 0 saturated carbocycles. The molecule has 1 aromatic carbocycles. The lowest BCUT2D eigenvalue weighted by Gasteiger charge is -2.28. The molecule has 2 atom stereocenters. The van der Waals surface area contributed by atoms with Gasteiger partial charge in [-0.2, -0.15) is 0 Å². The molecule has 0 spiro atoms. The van der Waals surface area contributed by atoms with Crippen LogP contribution in [0, 0.1) is 6.92 Å². The molecule has 2 N–H and O–H groups in total. The van der Waals surface area contributed by atoms with Crippen molar-refractivity contribution in [3.05, 3.63) is 39.9 Å². The van der Waals surface area contributed by atoms with Crippen LogP contribution in [0.25, 0.3) is 10.6 Å². The zero-order chi connectivity index (χ0) is 16.4. The highest BCUT2D eigenvalue weighted by Crippen LogP contribution is 2.29. The lowest BCUT2D eigenvalue weighted by molar-refractivity contribution is 0.0929. The van der Waals surface area contributed by atoms with E-state index in [2.05, 4.69) is 22.5 Å². The van der Waals surface area contributed by atoms with Gasteiger partial charge in [0.25, 0.3) is 5.91 Å². The van der Waals surface area contributed by atoms with Crippen molar-refractivity contribution in [2.24, 2.45) is 0 Å². The third kappa shape index (κ3) is 5.56. The Morgan fingerprint density at radius 3 is 2.64 bits per heavy atom. The van der Waals surface area contributed by atoms with Gasteiger partial charge in [0, 0.05) is 22.7 Å². The number of aromatic nitrogens is 1. The van der Waals surface area contributed by atoms with Gasteiger partial charge in [0.15, 0.2) is 0 Å². The summed E-state index contributed by atoms with van der Waals surface area (Å²) < 4.78 is 0. The van der Waals surface area contributed by atoms with Crippen molar-refractivity contribution < 1.29 is 4.79 Å². The van der Waals surface area contributed by atoms with E-state index in [-0.39, 0.29) is 36.8 Å². The van der Waals surface area contributed by atoms with Crippen molar-refractivity contribution in [3.8, 4) is 10.6 Å². The van der Waals surface area contributed by atoms with Gasteiger partial charge in [-0.25, -0.2) is 4.98 Å². The van der Waals surface area contributed by atoms with Gasteiger partial charge < -0.3 is 10.6 Å². The number of aryl methyl sites for hydroxylation is 1. The van der Waals surface area contributed by atoms with Gasteiger partial charge in [0.2, 0.25) is 0 Å². The number of nitrogens with one attached hydrogen (secondary N) is 2. The zero-order valence-electron chi connectivity index (χ0n) is 14.0. The van der Waals surface area contributed by atoms with Crippen LogP contribution in [-0.2, 0) is 0 Å². The standard InChI is InChI=1S/C17H20ClN3OS.2ClH/c1-10-9-14(7-8-19-10)21-16(22)15-11(2)20-17(23-15)12-3-5-13(18)6-4-12;;/h3-6,10,14,19H,7-9H2,1-2H3,(H,21,22);2*1H. The highest BCUT2D eigenvalue weighted by Gasteiger charge is 2.23. The maximum absolute atomic E-state index is 12.6. The third-order valence-corrected chi connectivity index (χ3v) is 5.51. The number of benzene rings is 1. The van der Waals surface area contributed by atoms with Crippen molar-refractivity contribution >= 4 is 53.7 Å². The molecule has 1 aromatic heterocycles. The zero-order valence-corrected chi connectivity index (χ0v) is 17.2. The third-order valence-electron chi connectivity index (χ3n) is 4.05. The monoisotopic (exact) mass is 421 g/mol. The van der Waals surface area contributed by atoms with E-state index in [9.17, 15) is 4.79 Å². The van der Waals surface area contributed by atoms with E-state index in [0.29, 0.717) is 15.9 Å².